The summed E-state index contributed by atoms with van der Waals surface area (Å²) in [5.74, 6) is -1.32. The molecule has 0 amide bonds. The van der Waals surface area contributed by atoms with Gasteiger partial charge in [-0.1, -0.05) is 17.7 Å². The monoisotopic (exact) mass is 391 g/mol. The highest BCUT2D eigenvalue weighted by Crippen LogP contribution is 2.43. The highest BCUT2D eigenvalue weighted by molar-refractivity contribution is 6.30. The molecule has 2 aromatic heterocycles. The summed E-state index contributed by atoms with van der Waals surface area (Å²) in [7, 11) is 0. The molecule has 4 rings (SSSR count). The van der Waals surface area contributed by atoms with Crippen LogP contribution in [0.2, 0.25) is 5.02 Å². The van der Waals surface area contributed by atoms with E-state index in [4.69, 9.17) is 17.3 Å². The zero-order chi connectivity index (χ0) is 19.3. The minimum atomic E-state index is -1.18. The van der Waals surface area contributed by atoms with Crippen molar-refractivity contribution in [1.82, 2.24) is 9.55 Å². The maximum atomic E-state index is 13.7. The number of benzene rings is 1. The van der Waals surface area contributed by atoms with Crippen molar-refractivity contribution >= 4 is 28.3 Å². The van der Waals surface area contributed by atoms with Crippen LogP contribution in [0.4, 0.5) is 10.1 Å². The molecular weight excluding hydrogens is 373 g/mol. The normalized spacial score (nSPS) is 26.6. The van der Waals surface area contributed by atoms with Crippen molar-refractivity contribution in [2.45, 2.75) is 30.8 Å². The zero-order valence-corrected chi connectivity index (χ0v) is 15.0. The predicted molar refractivity (Wildman–Crippen MR) is 99.7 cm³/mol. The Labute approximate surface area is 159 Å². The van der Waals surface area contributed by atoms with Gasteiger partial charge in [-0.05, 0) is 36.2 Å². The lowest BCUT2D eigenvalue weighted by Gasteiger charge is -2.22. The Kier molecular flexibility index (Phi) is 4.55. The van der Waals surface area contributed by atoms with Crippen LogP contribution < -0.4 is 5.73 Å². The molecule has 0 unspecified atom stereocenters. The van der Waals surface area contributed by atoms with Gasteiger partial charge >= 0.3 is 0 Å². The molecule has 0 saturated heterocycles. The molecule has 0 bridgehead atoms. The van der Waals surface area contributed by atoms with Gasteiger partial charge < -0.3 is 25.6 Å². The third-order valence-electron chi connectivity index (χ3n) is 5.39. The minimum Gasteiger partial charge on any atom is -0.398 e. The van der Waals surface area contributed by atoms with Crippen LogP contribution in [0.25, 0.3) is 11.0 Å². The first-order chi connectivity index (χ1) is 12.9. The van der Waals surface area contributed by atoms with Crippen LogP contribution in [0.15, 0.2) is 42.7 Å². The first kappa shape index (κ1) is 18.2. The number of nitrogens with zero attached hydrogens (tertiary/aromatic N) is 2. The molecular formula is C19H19ClFN3O3. The number of rotatable bonds is 3. The average Bonchev–Trinajstić information content (AvgIpc) is 3.20. The summed E-state index contributed by atoms with van der Waals surface area (Å²) in [5.41, 5.74) is 7.42. The predicted octanol–water partition coefficient (Wildman–Crippen LogP) is 2.43. The second kappa shape index (κ2) is 6.76. The molecule has 6 nitrogen and oxygen atoms in total. The van der Waals surface area contributed by atoms with Crippen molar-refractivity contribution in [3.05, 3.63) is 59.1 Å². The third kappa shape index (κ3) is 2.96. The smallest absolute Gasteiger partial charge is 0.142 e. The fraction of sp³-hybridized carbons (Fsp3) is 0.316. The van der Waals surface area contributed by atoms with E-state index in [0.717, 1.165) is 11.5 Å². The Morgan fingerprint density at radius 1 is 1.22 bits per heavy atom. The summed E-state index contributed by atoms with van der Waals surface area (Å²) in [6.45, 7) is 0. The minimum absolute atomic E-state index is 0.0432. The summed E-state index contributed by atoms with van der Waals surface area (Å²) in [6.07, 6.45) is 0.183. The van der Waals surface area contributed by atoms with Gasteiger partial charge in [-0.2, -0.15) is 0 Å². The number of aliphatic hydroxyl groups is 3. The van der Waals surface area contributed by atoms with Gasteiger partial charge in [0.05, 0.1) is 23.3 Å². The Balaban J connectivity index is 1.66. The number of halogens is 2. The molecule has 142 valence electrons. The molecule has 1 aliphatic rings. The standard InChI is InChI=1S/C19H19ClFN3O3/c20-12-2-1-9(7-13(12)21)16(25)11-8-15(18(27)17(11)26)24-6-4-10-14(22)3-5-23-19(10)24/h1-7,11,15-18,25-27H,8H2,(H2,22,23)/t11-,15-,16-,17-,18+/m1/s1. The summed E-state index contributed by atoms with van der Waals surface area (Å²) in [4.78, 5) is 4.32. The molecule has 2 heterocycles. The van der Waals surface area contributed by atoms with Crippen molar-refractivity contribution in [2.75, 3.05) is 5.73 Å². The number of hydrogen-bond acceptors (Lipinski definition) is 5. The number of aliphatic hydroxyl groups excluding tert-OH is 3. The maximum Gasteiger partial charge on any atom is 0.142 e. The van der Waals surface area contributed by atoms with Gasteiger partial charge in [0.25, 0.3) is 0 Å². The molecule has 5 N–H and O–H groups in total. The number of anilines is 1. The number of hydrogen-bond donors (Lipinski definition) is 4. The molecule has 27 heavy (non-hydrogen) atoms. The van der Waals surface area contributed by atoms with E-state index in [0.29, 0.717) is 16.9 Å². The zero-order valence-electron chi connectivity index (χ0n) is 14.2. The fourth-order valence-electron chi connectivity index (χ4n) is 3.92. The Hall–Kier alpha value is -2.19. The topological polar surface area (TPSA) is 105 Å². The Morgan fingerprint density at radius 2 is 2.00 bits per heavy atom. The Bertz CT molecular complexity index is 995. The third-order valence-corrected chi connectivity index (χ3v) is 5.70. The summed E-state index contributed by atoms with van der Waals surface area (Å²) in [5, 5.41) is 32.5. The molecule has 0 radical (unpaired) electrons. The molecule has 0 spiro atoms. The number of aromatic nitrogens is 2. The molecule has 1 fully saturated rings. The molecule has 1 aliphatic carbocycles. The maximum absolute atomic E-state index is 13.7. The van der Waals surface area contributed by atoms with E-state index in [1.807, 2.05) is 0 Å². The van der Waals surface area contributed by atoms with Crippen molar-refractivity contribution in [3.63, 3.8) is 0 Å². The first-order valence-corrected chi connectivity index (χ1v) is 8.96. The lowest BCUT2D eigenvalue weighted by molar-refractivity contribution is -0.0265. The molecule has 0 aliphatic heterocycles. The molecule has 1 saturated carbocycles. The van der Waals surface area contributed by atoms with Crippen LogP contribution in [-0.4, -0.2) is 37.1 Å². The van der Waals surface area contributed by atoms with E-state index >= 15 is 0 Å². The van der Waals surface area contributed by atoms with E-state index in [-0.39, 0.29) is 11.4 Å². The quantitative estimate of drug-likeness (QED) is 0.549. The van der Waals surface area contributed by atoms with Crippen LogP contribution in [-0.2, 0) is 0 Å². The van der Waals surface area contributed by atoms with E-state index < -0.39 is 36.1 Å². The number of pyridine rings is 1. The van der Waals surface area contributed by atoms with Crippen LogP contribution in [0.5, 0.6) is 0 Å². The van der Waals surface area contributed by atoms with Crippen molar-refractivity contribution < 1.29 is 19.7 Å². The van der Waals surface area contributed by atoms with Crippen molar-refractivity contribution in [1.29, 1.82) is 0 Å². The van der Waals surface area contributed by atoms with Gasteiger partial charge in [-0.25, -0.2) is 9.37 Å². The Morgan fingerprint density at radius 3 is 2.74 bits per heavy atom. The molecule has 1 aromatic carbocycles. The second-order valence-corrected chi connectivity index (χ2v) is 7.33. The van der Waals surface area contributed by atoms with Gasteiger partial charge in [0.1, 0.15) is 17.6 Å². The summed E-state index contributed by atoms with van der Waals surface area (Å²) < 4.78 is 15.5. The van der Waals surface area contributed by atoms with Crippen LogP contribution in [0, 0.1) is 11.7 Å². The highest BCUT2D eigenvalue weighted by atomic mass is 35.5. The van der Waals surface area contributed by atoms with Crippen molar-refractivity contribution in [3.8, 4) is 0 Å². The lowest BCUT2D eigenvalue weighted by atomic mass is 9.92. The lowest BCUT2D eigenvalue weighted by Crippen LogP contribution is -2.31. The summed E-state index contributed by atoms with van der Waals surface area (Å²) in [6, 6.07) is 7.01. The van der Waals surface area contributed by atoms with E-state index in [1.54, 1.807) is 29.1 Å². The SMILES string of the molecule is Nc1ccnc2c1ccn2[C@@H]1C[C@H]([C@H](O)c2ccc(Cl)c(F)c2)[C@@H](O)[C@H]1O. The molecule has 3 aromatic rings. The van der Waals surface area contributed by atoms with Gasteiger partial charge in [-0.3, -0.25) is 0 Å². The largest absolute Gasteiger partial charge is 0.398 e. The molecule has 5 atom stereocenters. The van der Waals surface area contributed by atoms with Gasteiger partial charge in [0.15, 0.2) is 0 Å². The van der Waals surface area contributed by atoms with Crippen molar-refractivity contribution in [2.24, 2.45) is 5.92 Å². The van der Waals surface area contributed by atoms with E-state index in [9.17, 15) is 19.7 Å². The second-order valence-electron chi connectivity index (χ2n) is 6.93. The first-order valence-electron chi connectivity index (χ1n) is 8.58. The van der Waals surface area contributed by atoms with Gasteiger partial charge in [0, 0.05) is 29.4 Å². The average molecular weight is 392 g/mol. The number of fused-ring (bicyclic) bond motifs is 1. The fourth-order valence-corrected chi connectivity index (χ4v) is 4.04. The van der Waals surface area contributed by atoms with E-state index in [1.165, 1.54) is 12.1 Å². The van der Waals surface area contributed by atoms with Crippen LogP contribution in [0.3, 0.4) is 0 Å². The van der Waals surface area contributed by atoms with Gasteiger partial charge in [0.2, 0.25) is 0 Å². The number of nitrogen functional groups attached to an aromatic ring is 1. The van der Waals surface area contributed by atoms with Gasteiger partial charge in [-0.15, -0.1) is 0 Å². The summed E-state index contributed by atoms with van der Waals surface area (Å²) >= 11 is 5.69. The van der Waals surface area contributed by atoms with Crippen LogP contribution in [0.1, 0.15) is 24.1 Å². The molecule has 8 heteroatoms. The van der Waals surface area contributed by atoms with Crippen LogP contribution >= 0.6 is 11.6 Å². The highest BCUT2D eigenvalue weighted by Gasteiger charge is 2.46. The number of nitrogens with two attached hydrogens (primary N) is 1. The van der Waals surface area contributed by atoms with E-state index in [2.05, 4.69) is 4.98 Å².